The Bertz CT molecular complexity index is 238. The Morgan fingerprint density at radius 3 is 1.62 bits per heavy atom. The number of hydrogen-bond acceptors (Lipinski definition) is 4. The molecule has 0 unspecified atom stereocenters. The lowest BCUT2D eigenvalue weighted by Crippen LogP contribution is -2.55. The Kier molecular flexibility index (Phi) is 10.3. The second kappa shape index (κ2) is 11.4. The van der Waals surface area contributed by atoms with E-state index in [9.17, 15) is 15.3 Å². The van der Waals surface area contributed by atoms with E-state index in [-0.39, 0.29) is 0 Å². The largest absolute Gasteiger partial charge is 0.389 e. The summed E-state index contributed by atoms with van der Waals surface area (Å²) >= 11 is 0. The summed E-state index contributed by atoms with van der Waals surface area (Å²) in [5.74, 6) is 0. The van der Waals surface area contributed by atoms with E-state index in [1.807, 2.05) is 0 Å². The molecule has 0 bridgehead atoms. The van der Waals surface area contributed by atoms with Crippen LogP contribution < -0.4 is 0 Å². The molecule has 1 rings (SSSR count). The molecule has 4 nitrogen and oxygen atoms in total. The van der Waals surface area contributed by atoms with Crippen LogP contribution >= 0.6 is 0 Å². The molecule has 1 aliphatic heterocycles. The summed E-state index contributed by atoms with van der Waals surface area (Å²) in [5, 5.41) is 28.7. The van der Waals surface area contributed by atoms with Crippen LogP contribution in [0.5, 0.6) is 0 Å². The summed E-state index contributed by atoms with van der Waals surface area (Å²) in [4.78, 5) is 2.06. The SMILES string of the molecule is CCCCCCCCCCCCN1C[C@@H](O)C(O)[C@H](O)C1. The molecule has 21 heavy (non-hydrogen) atoms. The molecular weight excluding hydrogens is 266 g/mol. The van der Waals surface area contributed by atoms with Gasteiger partial charge in [-0.25, -0.2) is 0 Å². The van der Waals surface area contributed by atoms with E-state index in [0.717, 1.165) is 13.0 Å². The Balaban J connectivity index is 1.90. The van der Waals surface area contributed by atoms with Crippen molar-refractivity contribution < 1.29 is 15.3 Å². The van der Waals surface area contributed by atoms with Gasteiger partial charge in [0, 0.05) is 13.1 Å². The van der Waals surface area contributed by atoms with Gasteiger partial charge < -0.3 is 15.3 Å². The smallest absolute Gasteiger partial charge is 0.108 e. The molecule has 0 spiro atoms. The minimum absolute atomic E-state index is 0.482. The third-order valence-corrected chi connectivity index (χ3v) is 4.51. The highest BCUT2D eigenvalue weighted by Crippen LogP contribution is 2.14. The molecule has 0 saturated carbocycles. The van der Waals surface area contributed by atoms with Crippen molar-refractivity contribution in [1.82, 2.24) is 4.90 Å². The fraction of sp³-hybridized carbons (Fsp3) is 1.00. The molecule has 3 N–H and O–H groups in total. The minimum atomic E-state index is -0.978. The Morgan fingerprint density at radius 2 is 1.14 bits per heavy atom. The van der Waals surface area contributed by atoms with Gasteiger partial charge >= 0.3 is 0 Å². The highest BCUT2D eigenvalue weighted by molar-refractivity contribution is 4.86. The lowest BCUT2D eigenvalue weighted by molar-refractivity contribution is -0.109. The number of likely N-dealkylation sites (tertiary alicyclic amines) is 1. The fourth-order valence-electron chi connectivity index (χ4n) is 3.08. The maximum Gasteiger partial charge on any atom is 0.108 e. The maximum absolute atomic E-state index is 9.63. The second-order valence-corrected chi connectivity index (χ2v) is 6.57. The lowest BCUT2D eigenvalue weighted by Gasteiger charge is -2.36. The van der Waals surface area contributed by atoms with Gasteiger partial charge in [0.05, 0.1) is 12.2 Å². The zero-order chi connectivity index (χ0) is 15.5. The van der Waals surface area contributed by atoms with Gasteiger partial charge in [-0.3, -0.25) is 4.90 Å². The fourth-order valence-corrected chi connectivity index (χ4v) is 3.08. The number of aliphatic hydroxyl groups excluding tert-OH is 3. The molecule has 2 atom stereocenters. The quantitative estimate of drug-likeness (QED) is 0.512. The van der Waals surface area contributed by atoms with Crippen molar-refractivity contribution in [3.63, 3.8) is 0 Å². The Hall–Kier alpha value is -0.160. The summed E-state index contributed by atoms with van der Waals surface area (Å²) in [6.45, 7) is 4.13. The van der Waals surface area contributed by atoms with Gasteiger partial charge in [0.15, 0.2) is 0 Å². The Labute approximate surface area is 130 Å². The topological polar surface area (TPSA) is 63.9 Å². The van der Waals surface area contributed by atoms with Crippen LogP contribution in [0.2, 0.25) is 0 Å². The van der Waals surface area contributed by atoms with Gasteiger partial charge in [0.2, 0.25) is 0 Å². The highest BCUT2D eigenvalue weighted by Gasteiger charge is 2.32. The van der Waals surface area contributed by atoms with Crippen molar-refractivity contribution in [2.75, 3.05) is 19.6 Å². The van der Waals surface area contributed by atoms with Crippen molar-refractivity contribution in [3.05, 3.63) is 0 Å². The molecule has 1 fully saturated rings. The minimum Gasteiger partial charge on any atom is -0.389 e. The number of piperidine rings is 1. The van der Waals surface area contributed by atoms with Gasteiger partial charge in [-0.2, -0.15) is 0 Å². The van der Waals surface area contributed by atoms with E-state index < -0.39 is 18.3 Å². The molecule has 0 aromatic rings. The van der Waals surface area contributed by atoms with E-state index in [1.54, 1.807) is 0 Å². The van der Waals surface area contributed by atoms with Gasteiger partial charge in [0.1, 0.15) is 6.10 Å². The number of nitrogens with zero attached hydrogens (tertiary/aromatic N) is 1. The first-order valence-corrected chi connectivity index (χ1v) is 8.91. The summed E-state index contributed by atoms with van der Waals surface area (Å²) < 4.78 is 0. The van der Waals surface area contributed by atoms with Gasteiger partial charge in [0.25, 0.3) is 0 Å². The third-order valence-electron chi connectivity index (χ3n) is 4.51. The molecule has 0 amide bonds. The monoisotopic (exact) mass is 301 g/mol. The number of β-amino-alcohol motifs (C(OH)–C–C–N with tert-alkyl or cyclic N) is 2. The van der Waals surface area contributed by atoms with Crippen LogP contribution in [0.1, 0.15) is 71.1 Å². The lowest BCUT2D eigenvalue weighted by atomic mass is 10.0. The third kappa shape index (κ3) is 8.15. The van der Waals surface area contributed by atoms with Crippen LogP contribution in [-0.4, -0.2) is 58.2 Å². The molecule has 4 heteroatoms. The van der Waals surface area contributed by atoms with Crippen molar-refractivity contribution >= 4 is 0 Å². The first kappa shape index (κ1) is 18.9. The molecule has 1 aliphatic rings. The summed E-state index contributed by atoms with van der Waals surface area (Å²) in [5.41, 5.74) is 0. The number of rotatable bonds is 11. The van der Waals surface area contributed by atoms with Gasteiger partial charge in [-0.05, 0) is 13.0 Å². The van der Waals surface area contributed by atoms with Crippen molar-refractivity contribution in [2.24, 2.45) is 0 Å². The Morgan fingerprint density at radius 1 is 0.714 bits per heavy atom. The van der Waals surface area contributed by atoms with Crippen LogP contribution in [0.25, 0.3) is 0 Å². The molecule has 0 radical (unpaired) electrons. The summed E-state index contributed by atoms with van der Waals surface area (Å²) in [6, 6.07) is 0. The predicted molar refractivity (Wildman–Crippen MR) is 86.3 cm³/mol. The van der Waals surface area contributed by atoms with E-state index >= 15 is 0 Å². The second-order valence-electron chi connectivity index (χ2n) is 6.57. The summed E-state index contributed by atoms with van der Waals surface area (Å²) in [6.07, 6.45) is 10.6. The van der Waals surface area contributed by atoms with E-state index in [4.69, 9.17) is 0 Å². The molecule has 1 heterocycles. The van der Waals surface area contributed by atoms with Crippen molar-refractivity contribution in [3.8, 4) is 0 Å². The van der Waals surface area contributed by atoms with Crippen molar-refractivity contribution in [1.29, 1.82) is 0 Å². The maximum atomic E-state index is 9.63. The first-order chi connectivity index (χ1) is 10.1. The average molecular weight is 301 g/mol. The zero-order valence-electron chi connectivity index (χ0n) is 13.7. The van der Waals surface area contributed by atoms with E-state index in [2.05, 4.69) is 11.8 Å². The van der Waals surface area contributed by atoms with E-state index in [1.165, 1.54) is 57.8 Å². The van der Waals surface area contributed by atoms with Gasteiger partial charge in [-0.1, -0.05) is 64.7 Å². The number of hydrogen-bond donors (Lipinski definition) is 3. The highest BCUT2D eigenvalue weighted by atomic mass is 16.4. The number of aliphatic hydroxyl groups is 3. The summed E-state index contributed by atoms with van der Waals surface area (Å²) in [7, 11) is 0. The average Bonchev–Trinajstić information content (AvgIpc) is 2.46. The first-order valence-electron chi connectivity index (χ1n) is 8.91. The molecule has 0 aromatic carbocycles. The van der Waals surface area contributed by atoms with Crippen LogP contribution in [0.15, 0.2) is 0 Å². The molecule has 0 aromatic heterocycles. The molecule has 1 saturated heterocycles. The van der Waals surface area contributed by atoms with Crippen LogP contribution in [0.3, 0.4) is 0 Å². The molecular formula is C17H35NO3. The van der Waals surface area contributed by atoms with Crippen LogP contribution in [0, 0.1) is 0 Å². The number of unbranched alkanes of at least 4 members (excludes halogenated alkanes) is 9. The zero-order valence-corrected chi connectivity index (χ0v) is 13.7. The molecule has 126 valence electrons. The predicted octanol–water partition coefficient (Wildman–Crippen LogP) is 2.31. The van der Waals surface area contributed by atoms with Crippen molar-refractivity contribution in [2.45, 2.75) is 89.4 Å². The standard InChI is InChI=1S/C17H35NO3/c1-2-3-4-5-6-7-8-9-10-11-12-18-13-15(19)17(21)16(20)14-18/h15-17,19-21H,2-14H2,1H3/t15-,16-/m1/s1. The van der Waals surface area contributed by atoms with Crippen LogP contribution in [0.4, 0.5) is 0 Å². The van der Waals surface area contributed by atoms with Crippen LogP contribution in [-0.2, 0) is 0 Å². The van der Waals surface area contributed by atoms with Gasteiger partial charge in [-0.15, -0.1) is 0 Å². The normalized spacial score (nSPS) is 24.6. The van der Waals surface area contributed by atoms with E-state index in [0.29, 0.717) is 13.1 Å². The molecule has 0 aliphatic carbocycles.